The van der Waals surface area contributed by atoms with Crippen molar-refractivity contribution in [2.24, 2.45) is 0 Å². The summed E-state index contributed by atoms with van der Waals surface area (Å²) in [7, 11) is 0. The Hall–Kier alpha value is -2.48. The Labute approximate surface area is 222 Å². The fraction of sp³-hybridized carbons (Fsp3) is 0.600. The highest BCUT2D eigenvalue weighted by molar-refractivity contribution is 5.41. The smallest absolute Gasteiger partial charge is 0.119 e. The molecular weight excluding hydrogens is 472 g/mol. The first-order valence-corrected chi connectivity index (χ1v) is 13.8. The molecule has 0 aromatic heterocycles. The minimum atomic E-state index is 0.0358. The van der Waals surface area contributed by atoms with Gasteiger partial charge < -0.3 is 34.6 Å². The summed E-state index contributed by atoms with van der Waals surface area (Å²) in [5.74, 6) is 2.57. The second-order valence-corrected chi connectivity index (χ2v) is 9.36. The fourth-order valence-electron chi connectivity index (χ4n) is 4.21. The minimum absolute atomic E-state index is 0.0358. The predicted molar refractivity (Wildman–Crippen MR) is 146 cm³/mol. The molecule has 4 N–H and O–H groups in total. The van der Waals surface area contributed by atoms with Crippen LogP contribution < -0.4 is 14.2 Å². The zero-order chi connectivity index (χ0) is 26.6. The van der Waals surface area contributed by atoms with Crippen molar-refractivity contribution in [1.29, 1.82) is 0 Å². The van der Waals surface area contributed by atoms with E-state index in [2.05, 4.69) is 0 Å². The summed E-state index contributed by atoms with van der Waals surface area (Å²) in [5.41, 5.74) is 0.817. The molecule has 0 radical (unpaired) electrons. The molecule has 0 aliphatic heterocycles. The van der Waals surface area contributed by atoms with Crippen LogP contribution in [0.15, 0.2) is 42.5 Å². The number of phenols is 1. The van der Waals surface area contributed by atoms with Crippen molar-refractivity contribution < 1.29 is 34.6 Å². The Balaban J connectivity index is 1.83. The molecule has 1 atom stereocenters. The van der Waals surface area contributed by atoms with Crippen molar-refractivity contribution >= 4 is 0 Å². The molecule has 0 spiro atoms. The molecule has 0 aliphatic rings. The van der Waals surface area contributed by atoms with Crippen LogP contribution in [-0.2, 0) is 0 Å². The van der Waals surface area contributed by atoms with Gasteiger partial charge in [0.15, 0.2) is 0 Å². The molecule has 2 aromatic rings. The quantitative estimate of drug-likeness (QED) is 0.151. The van der Waals surface area contributed by atoms with Gasteiger partial charge in [-0.15, -0.1) is 0 Å². The van der Waals surface area contributed by atoms with Crippen molar-refractivity contribution in [3.63, 3.8) is 0 Å². The lowest BCUT2D eigenvalue weighted by molar-refractivity contribution is 0.261. The molecule has 0 aliphatic carbocycles. The van der Waals surface area contributed by atoms with Gasteiger partial charge >= 0.3 is 0 Å². The van der Waals surface area contributed by atoms with Gasteiger partial charge in [-0.05, 0) is 106 Å². The van der Waals surface area contributed by atoms with E-state index in [1.54, 1.807) is 12.1 Å². The predicted octanol–water partition coefficient (Wildman–Crippen LogP) is 5.58. The number of aromatic hydroxyl groups is 1. The van der Waals surface area contributed by atoms with Crippen LogP contribution in [0.1, 0.15) is 82.1 Å². The van der Waals surface area contributed by atoms with Crippen LogP contribution in [-0.4, -0.2) is 60.1 Å². The highest BCUT2D eigenvalue weighted by atomic mass is 16.5. The van der Waals surface area contributed by atoms with Gasteiger partial charge in [-0.1, -0.05) is 12.8 Å². The number of phenolic OH excluding ortho intramolecular Hbond substituents is 1. The van der Waals surface area contributed by atoms with Gasteiger partial charge in [0.1, 0.15) is 23.0 Å². The van der Waals surface area contributed by atoms with E-state index in [1.807, 2.05) is 30.3 Å². The summed E-state index contributed by atoms with van der Waals surface area (Å²) in [6.45, 7) is 2.33. The molecule has 0 saturated carbocycles. The van der Waals surface area contributed by atoms with Crippen molar-refractivity contribution in [2.75, 3.05) is 39.6 Å². The van der Waals surface area contributed by atoms with E-state index < -0.39 is 0 Å². The van der Waals surface area contributed by atoms with Crippen molar-refractivity contribution in [3.8, 4) is 23.0 Å². The summed E-state index contributed by atoms with van der Waals surface area (Å²) in [5, 5.41) is 37.6. The minimum Gasteiger partial charge on any atom is -0.508 e. The third-order valence-corrected chi connectivity index (χ3v) is 6.35. The van der Waals surface area contributed by atoms with Crippen molar-refractivity contribution in [3.05, 3.63) is 48.0 Å². The van der Waals surface area contributed by atoms with Crippen LogP contribution in [0.2, 0.25) is 0 Å². The van der Waals surface area contributed by atoms with Crippen LogP contribution >= 0.6 is 0 Å². The number of aliphatic hydroxyl groups is 3. The van der Waals surface area contributed by atoms with E-state index in [-0.39, 0.29) is 31.5 Å². The molecule has 208 valence electrons. The van der Waals surface area contributed by atoms with Crippen LogP contribution in [0.4, 0.5) is 0 Å². The maximum atomic E-state index is 10.5. The summed E-state index contributed by atoms with van der Waals surface area (Å²) < 4.78 is 17.6. The standard InChI is InChI=1S/C30H46O7/c31-18-5-1-3-7-21-35-26-11-13-27(14-12-26)37-23-17-25(10-9-20-33)29-24-28(15-16-30(29)34)36-22-8-4-2-6-19-32/h11-16,24-25,31-34H,1-10,17-23H2. The van der Waals surface area contributed by atoms with E-state index in [1.165, 1.54) is 0 Å². The van der Waals surface area contributed by atoms with Gasteiger partial charge in [0.2, 0.25) is 0 Å². The van der Waals surface area contributed by atoms with E-state index in [9.17, 15) is 10.2 Å². The van der Waals surface area contributed by atoms with E-state index in [4.69, 9.17) is 24.4 Å². The first-order chi connectivity index (χ1) is 18.2. The zero-order valence-electron chi connectivity index (χ0n) is 22.2. The Morgan fingerprint density at radius 1 is 0.514 bits per heavy atom. The van der Waals surface area contributed by atoms with E-state index >= 15 is 0 Å². The number of hydrogen-bond acceptors (Lipinski definition) is 7. The number of rotatable bonds is 22. The first kappa shape index (κ1) is 30.7. The van der Waals surface area contributed by atoms with Gasteiger partial charge in [0.05, 0.1) is 19.8 Å². The highest BCUT2D eigenvalue weighted by Gasteiger charge is 2.17. The fourth-order valence-corrected chi connectivity index (χ4v) is 4.21. The van der Waals surface area contributed by atoms with Gasteiger partial charge in [0, 0.05) is 25.4 Å². The second-order valence-electron chi connectivity index (χ2n) is 9.36. The average molecular weight is 519 g/mol. The molecule has 1 unspecified atom stereocenters. The molecule has 2 rings (SSSR count). The third kappa shape index (κ3) is 13.0. The lowest BCUT2D eigenvalue weighted by Gasteiger charge is -2.20. The second kappa shape index (κ2) is 19.6. The van der Waals surface area contributed by atoms with Crippen LogP contribution in [0.5, 0.6) is 23.0 Å². The lowest BCUT2D eigenvalue weighted by Crippen LogP contribution is -2.08. The number of unbranched alkanes of at least 4 members (excludes halogenated alkanes) is 6. The third-order valence-electron chi connectivity index (χ3n) is 6.35. The summed E-state index contributed by atoms with van der Waals surface area (Å²) in [6.07, 6.45) is 9.72. The molecule has 7 nitrogen and oxygen atoms in total. The first-order valence-electron chi connectivity index (χ1n) is 13.8. The zero-order valence-corrected chi connectivity index (χ0v) is 22.2. The van der Waals surface area contributed by atoms with Crippen LogP contribution in [0, 0.1) is 0 Å². The van der Waals surface area contributed by atoms with Gasteiger partial charge in [-0.2, -0.15) is 0 Å². The SMILES string of the molecule is OCCCCCCOc1ccc(OCCC(CCCO)c2cc(OCCCCCCO)ccc2O)cc1. The Kier molecular flexibility index (Phi) is 16.3. The molecular formula is C30H46O7. The normalized spacial score (nSPS) is 11.9. The summed E-state index contributed by atoms with van der Waals surface area (Å²) in [4.78, 5) is 0. The molecule has 2 aromatic carbocycles. The van der Waals surface area contributed by atoms with E-state index in [0.717, 1.165) is 80.6 Å². The summed E-state index contributed by atoms with van der Waals surface area (Å²) >= 11 is 0. The number of ether oxygens (including phenoxy) is 3. The lowest BCUT2D eigenvalue weighted by atomic mass is 9.90. The van der Waals surface area contributed by atoms with Crippen LogP contribution in [0.3, 0.4) is 0 Å². The molecule has 0 saturated heterocycles. The number of benzene rings is 2. The van der Waals surface area contributed by atoms with Gasteiger partial charge in [-0.3, -0.25) is 0 Å². The largest absolute Gasteiger partial charge is 0.508 e. The molecule has 0 bridgehead atoms. The van der Waals surface area contributed by atoms with Gasteiger partial charge in [0.25, 0.3) is 0 Å². The van der Waals surface area contributed by atoms with Gasteiger partial charge in [-0.25, -0.2) is 0 Å². The number of hydrogen-bond donors (Lipinski definition) is 4. The van der Waals surface area contributed by atoms with E-state index in [0.29, 0.717) is 32.7 Å². The van der Waals surface area contributed by atoms with Crippen molar-refractivity contribution in [2.45, 2.75) is 76.5 Å². The Morgan fingerprint density at radius 3 is 1.57 bits per heavy atom. The van der Waals surface area contributed by atoms with Crippen LogP contribution in [0.25, 0.3) is 0 Å². The number of aliphatic hydroxyl groups excluding tert-OH is 3. The molecule has 0 amide bonds. The molecule has 0 fully saturated rings. The average Bonchev–Trinajstić information content (AvgIpc) is 2.92. The maximum absolute atomic E-state index is 10.5. The maximum Gasteiger partial charge on any atom is 0.119 e. The summed E-state index contributed by atoms with van der Waals surface area (Å²) in [6, 6.07) is 13.0. The monoisotopic (exact) mass is 518 g/mol. The Bertz CT molecular complexity index is 825. The molecule has 37 heavy (non-hydrogen) atoms. The molecule has 0 heterocycles. The highest BCUT2D eigenvalue weighted by Crippen LogP contribution is 2.35. The topological polar surface area (TPSA) is 109 Å². The molecule has 7 heteroatoms. The Morgan fingerprint density at radius 2 is 1.00 bits per heavy atom. The van der Waals surface area contributed by atoms with Crippen molar-refractivity contribution in [1.82, 2.24) is 0 Å².